The van der Waals surface area contributed by atoms with Crippen molar-refractivity contribution in [3.63, 3.8) is 0 Å². The first-order chi connectivity index (χ1) is 21.2. The van der Waals surface area contributed by atoms with Gasteiger partial charge in [0.05, 0.1) is 28.8 Å². The van der Waals surface area contributed by atoms with Crippen molar-refractivity contribution in [3.05, 3.63) is 71.8 Å². The number of rotatable bonds is 11. The van der Waals surface area contributed by atoms with Crippen LogP contribution in [0, 0.1) is 24.7 Å². The summed E-state index contributed by atoms with van der Waals surface area (Å²) in [6.07, 6.45) is 5.48. The van der Waals surface area contributed by atoms with E-state index in [0.29, 0.717) is 32.5 Å². The topological polar surface area (TPSA) is 188 Å². The van der Waals surface area contributed by atoms with Crippen LogP contribution < -0.4 is 16.6 Å². The number of hydrazine groups is 1. The standard InChI is InChI=1S/C25H38N4O5.C7H8O3S/c1-17(2)16-22(21(24(31)28-33)11-7-10-19-8-5-4-6-9-19)23(30)27-29(25(32)18(3)26)20-12-14-34-15-13-20;1-6-2-4-7(5-3-6)11(8,9)10/h4-10,17-18,20-22,33H,11-16,26H2,1-3H3,(H,27,30)(H,28,31);2-5H,1H3,(H,8,9,10)/b10-7+;/t18-,21+,22-;/m1./s1. The lowest BCUT2D eigenvalue weighted by Gasteiger charge is -2.37. The number of nitrogens with one attached hydrogen (secondary N) is 2. The lowest BCUT2D eigenvalue weighted by Crippen LogP contribution is -2.59. The van der Waals surface area contributed by atoms with Gasteiger partial charge in [0, 0.05) is 13.2 Å². The average Bonchev–Trinajstić information content (AvgIpc) is 3.01. The Morgan fingerprint density at radius 1 is 1.00 bits per heavy atom. The van der Waals surface area contributed by atoms with Crippen LogP contribution in [0.1, 0.15) is 57.6 Å². The summed E-state index contributed by atoms with van der Waals surface area (Å²) in [6.45, 7) is 8.29. The molecule has 3 rings (SSSR count). The number of hydrogen-bond donors (Lipinski definition) is 5. The van der Waals surface area contributed by atoms with Gasteiger partial charge >= 0.3 is 0 Å². The van der Waals surface area contributed by atoms with Crippen LogP contribution in [0.15, 0.2) is 65.6 Å². The highest BCUT2D eigenvalue weighted by molar-refractivity contribution is 7.85. The lowest BCUT2D eigenvalue weighted by atomic mass is 9.82. The van der Waals surface area contributed by atoms with Crippen molar-refractivity contribution in [2.75, 3.05) is 13.2 Å². The quantitative estimate of drug-likeness (QED) is 0.138. The summed E-state index contributed by atoms with van der Waals surface area (Å²) in [6, 6.07) is 14.6. The lowest BCUT2D eigenvalue weighted by molar-refractivity contribution is -0.151. The molecule has 0 saturated carbocycles. The second kappa shape index (κ2) is 18.4. The highest BCUT2D eigenvalue weighted by Gasteiger charge is 2.37. The van der Waals surface area contributed by atoms with Crippen LogP contribution in [0.3, 0.4) is 0 Å². The number of aryl methyl sites for hydroxylation is 1. The van der Waals surface area contributed by atoms with Gasteiger partial charge in [-0.15, -0.1) is 0 Å². The predicted octanol–water partition coefficient (Wildman–Crippen LogP) is 3.50. The van der Waals surface area contributed by atoms with Gasteiger partial charge in [0.15, 0.2) is 0 Å². The third-order valence-electron chi connectivity index (χ3n) is 7.23. The Bertz CT molecular complexity index is 1360. The van der Waals surface area contributed by atoms with Gasteiger partial charge in [-0.05, 0) is 63.1 Å². The van der Waals surface area contributed by atoms with E-state index in [1.807, 2.05) is 63.3 Å². The molecule has 13 heteroatoms. The van der Waals surface area contributed by atoms with Crippen LogP contribution >= 0.6 is 0 Å². The molecule has 0 spiro atoms. The normalized spacial score (nSPS) is 15.8. The van der Waals surface area contributed by atoms with E-state index in [4.69, 9.17) is 15.0 Å². The largest absolute Gasteiger partial charge is 0.381 e. The van der Waals surface area contributed by atoms with Gasteiger partial charge in [-0.1, -0.05) is 74.0 Å². The first-order valence-corrected chi connectivity index (χ1v) is 16.3. The highest BCUT2D eigenvalue weighted by Crippen LogP contribution is 2.26. The molecule has 1 aliphatic heterocycles. The average molecular weight is 647 g/mol. The number of nitrogens with two attached hydrogens (primary N) is 1. The summed E-state index contributed by atoms with van der Waals surface area (Å²) in [5, 5.41) is 10.7. The maximum atomic E-state index is 13.5. The number of hydrogen-bond acceptors (Lipinski definition) is 8. The Kier molecular flexibility index (Phi) is 15.3. The first kappa shape index (κ1) is 37.6. The van der Waals surface area contributed by atoms with E-state index in [2.05, 4.69) is 5.43 Å². The number of hydroxylamine groups is 1. The van der Waals surface area contributed by atoms with Crippen molar-refractivity contribution < 1.29 is 37.3 Å². The third-order valence-corrected chi connectivity index (χ3v) is 8.09. The Morgan fingerprint density at radius 2 is 1.60 bits per heavy atom. The number of carbonyl (C=O) groups is 3. The zero-order valence-corrected chi connectivity index (χ0v) is 27.1. The Hall–Kier alpha value is -3.62. The van der Waals surface area contributed by atoms with Crippen LogP contribution in [0.5, 0.6) is 0 Å². The fourth-order valence-corrected chi connectivity index (χ4v) is 5.29. The minimum Gasteiger partial charge on any atom is -0.381 e. The third kappa shape index (κ3) is 12.7. The number of nitrogens with zero attached hydrogens (tertiary/aromatic N) is 1. The maximum absolute atomic E-state index is 13.5. The molecular weight excluding hydrogens is 600 g/mol. The van der Waals surface area contributed by atoms with Gasteiger partial charge in [-0.3, -0.25) is 29.6 Å². The summed E-state index contributed by atoms with van der Waals surface area (Å²) in [5.41, 5.74) is 12.2. The van der Waals surface area contributed by atoms with Crippen LogP contribution in [-0.2, 0) is 29.2 Å². The molecule has 2 aromatic rings. The monoisotopic (exact) mass is 646 g/mol. The van der Waals surface area contributed by atoms with E-state index in [1.165, 1.54) is 17.1 Å². The molecule has 1 aliphatic rings. The minimum atomic E-state index is -4.02. The maximum Gasteiger partial charge on any atom is 0.294 e. The fraction of sp³-hybridized carbons (Fsp3) is 0.469. The molecule has 3 atom stereocenters. The van der Waals surface area contributed by atoms with E-state index in [9.17, 15) is 28.0 Å². The molecule has 1 heterocycles. The first-order valence-electron chi connectivity index (χ1n) is 14.9. The van der Waals surface area contributed by atoms with Gasteiger partial charge in [0.1, 0.15) is 0 Å². The Balaban J connectivity index is 0.000000537. The van der Waals surface area contributed by atoms with Crippen molar-refractivity contribution in [1.82, 2.24) is 15.9 Å². The van der Waals surface area contributed by atoms with Crippen LogP contribution in [-0.4, -0.2) is 66.2 Å². The molecule has 12 nitrogen and oxygen atoms in total. The van der Waals surface area contributed by atoms with Crippen LogP contribution in [0.2, 0.25) is 0 Å². The number of ether oxygens (including phenoxy) is 1. The second-order valence-electron chi connectivity index (χ2n) is 11.5. The molecule has 6 N–H and O–H groups in total. The molecular formula is C32H46N4O8S. The van der Waals surface area contributed by atoms with Crippen LogP contribution in [0.25, 0.3) is 6.08 Å². The van der Waals surface area contributed by atoms with E-state index in [1.54, 1.807) is 24.5 Å². The summed E-state index contributed by atoms with van der Waals surface area (Å²) in [4.78, 5) is 38.9. The molecule has 0 radical (unpaired) electrons. The number of carbonyl (C=O) groups excluding carboxylic acids is 3. The van der Waals surface area contributed by atoms with Crippen molar-refractivity contribution in [3.8, 4) is 0 Å². The molecule has 248 valence electrons. The van der Waals surface area contributed by atoms with Gasteiger partial charge in [0.25, 0.3) is 16.0 Å². The zero-order chi connectivity index (χ0) is 33.6. The number of benzene rings is 2. The summed E-state index contributed by atoms with van der Waals surface area (Å²) in [5.74, 6) is -2.98. The fourth-order valence-electron chi connectivity index (χ4n) is 4.81. The van der Waals surface area contributed by atoms with E-state index in [0.717, 1.165) is 11.1 Å². The van der Waals surface area contributed by atoms with E-state index < -0.39 is 45.7 Å². The molecule has 0 aromatic heterocycles. The van der Waals surface area contributed by atoms with Gasteiger partial charge in [-0.2, -0.15) is 8.42 Å². The SMILES string of the molecule is CC(C)C[C@@H](C(=O)NN(C(=O)[C@@H](C)N)C1CCOCC1)[C@H](C/C=C/c1ccccc1)C(=O)NO.Cc1ccc(S(=O)(=O)O)cc1. The second-order valence-corrected chi connectivity index (χ2v) is 12.9. The highest BCUT2D eigenvalue weighted by atomic mass is 32.2. The Morgan fingerprint density at radius 3 is 2.11 bits per heavy atom. The van der Waals surface area contributed by atoms with E-state index >= 15 is 0 Å². The van der Waals surface area contributed by atoms with Crippen LogP contribution in [0.4, 0.5) is 0 Å². The van der Waals surface area contributed by atoms with Crippen molar-refractivity contribution >= 4 is 33.9 Å². The van der Waals surface area contributed by atoms with Crippen molar-refractivity contribution in [1.29, 1.82) is 0 Å². The molecule has 0 aliphatic carbocycles. The van der Waals surface area contributed by atoms with Gasteiger partial charge in [-0.25, -0.2) is 10.5 Å². The predicted molar refractivity (Wildman–Crippen MR) is 170 cm³/mol. The molecule has 1 saturated heterocycles. The smallest absolute Gasteiger partial charge is 0.294 e. The summed E-state index contributed by atoms with van der Waals surface area (Å²) < 4.78 is 34.9. The van der Waals surface area contributed by atoms with Gasteiger partial charge < -0.3 is 10.5 Å². The molecule has 0 unspecified atom stereocenters. The molecule has 1 fully saturated rings. The molecule has 3 amide bonds. The van der Waals surface area contributed by atoms with E-state index in [-0.39, 0.29) is 23.3 Å². The summed E-state index contributed by atoms with van der Waals surface area (Å²) >= 11 is 0. The van der Waals surface area contributed by atoms with Crippen molar-refractivity contribution in [2.24, 2.45) is 23.5 Å². The molecule has 45 heavy (non-hydrogen) atoms. The van der Waals surface area contributed by atoms with Gasteiger partial charge in [0.2, 0.25) is 11.8 Å². The number of amides is 3. The van der Waals surface area contributed by atoms with Crippen molar-refractivity contribution in [2.45, 2.75) is 70.4 Å². The Labute approximate surface area is 265 Å². The zero-order valence-electron chi connectivity index (χ0n) is 26.3. The minimum absolute atomic E-state index is 0.0666. The molecule has 0 bridgehead atoms. The number of allylic oxidation sites excluding steroid dienone is 1. The molecule has 2 aromatic carbocycles. The summed E-state index contributed by atoms with van der Waals surface area (Å²) in [7, 11) is -4.02.